The molecule has 1 aliphatic carbocycles. The summed E-state index contributed by atoms with van der Waals surface area (Å²) >= 11 is 7.28. The number of amides is 1. The number of hydrogen-bond donors (Lipinski definition) is 0. The Kier molecular flexibility index (Phi) is 6.98. The standard InChI is InChI=1S/C27H24ClN3O4S/c1-17-7-5-6-10-22(17)30-26(32)25(36-27(30)29-19-8-3-2-4-9-19)16-20-12-14-24(35-20)18-11-13-21(28)23(15-18)31(33)34/h2-4,8-9,11-17,22H,5-7,10H2,1H3/b25-16-,29-27?/t17-,22-/m1/s1. The molecule has 0 unspecified atom stereocenters. The maximum Gasteiger partial charge on any atom is 0.288 e. The number of nitro groups is 1. The van der Waals surface area contributed by atoms with Crippen LogP contribution in [0.3, 0.4) is 0 Å². The average molecular weight is 522 g/mol. The summed E-state index contributed by atoms with van der Waals surface area (Å²) in [6, 6.07) is 17.7. The van der Waals surface area contributed by atoms with Crippen molar-refractivity contribution in [2.45, 2.75) is 38.6 Å². The smallest absolute Gasteiger partial charge is 0.288 e. The summed E-state index contributed by atoms with van der Waals surface area (Å²) in [4.78, 5) is 31.5. The first-order valence-corrected chi connectivity index (χ1v) is 13.0. The van der Waals surface area contributed by atoms with E-state index in [1.165, 1.54) is 30.3 Å². The molecule has 7 nitrogen and oxygen atoms in total. The monoisotopic (exact) mass is 521 g/mol. The molecule has 2 fully saturated rings. The molecule has 36 heavy (non-hydrogen) atoms. The van der Waals surface area contributed by atoms with Crippen LogP contribution in [0.25, 0.3) is 17.4 Å². The van der Waals surface area contributed by atoms with E-state index in [2.05, 4.69) is 6.92 Å². The first-order chi connectivity index (χ1) is 17.4. The van der Waals surface area contributed by atoms with Gasteiger partial charge in [0.1, 0.15) is 16.5 Å². The molecule has 5 rings (SSSR count). The second kappa shape index (κ2) is 10.3. The summed E-state index contributed by atoms with van der Waals surface area (Å²) in [5.74, 6) is 1.25. The van der Waals surface area contributed by atoms with Gasteiger partial charge < -0.3 is 4.42 Å². The molecule has 1 saturated heterocycles. The SMILES string of the molecule is C[C@@H]1CCCC[C@H]1N1C(=O)/C(=C/c2ccc(-c3ccc(Cl)c([N+](=O)[O-])c3)o2)SC1=Nc1ccccc1. The highest BCUT2D eigenvalue weighted by Gasteiger charge is 2.41. The molecule has 0 radical (unpaired) electrons. The van der Waals surface area contributed by atoms with Crippen molar-refractivity contribution in [1.29, 1.82) is 0 Å². The summed E-state index contributed by atoms with van der Waals surface area (Å²) in [5, 5.41) is 12.0. The molecule has 9 heteroatoms. The molecule has 0 bridgehead atoms. The van der Waals surface area contributed by atoms with Crippen molar-refractivity contribution in [1.82, 2.24) is 4.90 Å². The number of aliphatic imine (C=N–C) groups is 1. The number of carbonyl (C=O) groups is 1. The maximum absolute atomic E-state index is 13.6. The molecule has 184 valence electrons. The fourth-order valence-corrected chi connectivity index (χ4v) is 5.88. The Morgan fingerprint density at radius 1 is 1.14 bits per heavy atom. The van der Waals surface area contributed by atoms with Gasteiger partial charge >= 0.3 is 0 Å². The lowest BCUT2D eigenvalue weighted by Gasteiger charge is -2.35. The molecule has 2 aliphatic rings. The minimum atomic E-state index is -0.528. The molecular formula is C27H24ClN3O4S. The summed E-state index contributed by atoms with van der Waals surface area (Å²) in [5.41, 5.74) is 1.14. The summed E-state index contributed by atoms with van der Waals surface area (Å²) in [7, 11) is 0. The van der Waals surface area contributed by atoms with Crippen molar-refractivity contribution >= 4 is 51.9 Å². The summed E-state index contributed by atoms with van der Waals surface area (Å²) in [6.07, 6.45) is 6.03. The van der Waals surface area contributed by atoms with Crippen molar-refractivity contribution < 1.29 is 14.1 Å². The number of halogens is 1. The van der Waals surface area contributed by atoms with Crippen LogP contribution in [-0.4, -0.2) is 26.9 Å². The second-order valence-corrected chi connectivity index (χ2v) is 10.4. The van der Waals surface area contributed by atoms with E-state index >= 15 is 0 Å². The molecule has 0 N–H and O–H groups in total. The van der Waals surface area contributed by atoms with Gasteiger partial charge in [-0.2, -0.15) is 0 Å². The molecule has 0 spiro atoms. The predicted molar refractivity (Wildman–Crippen MR) is 143 cm³/mol. The molecule has 3 aromatic rings. The highest BCUT2D eigenvalue weighted by molar-refractivity contribution is 8.18. The van der Waals surface area contributed by atoms with Crippen molar-refractivity contribution in [3.8, 4) is 11.3 Å². The number of benzene rings is 2. The Labute approximate surface area is 218 Å². The van der Waals surface area contributed by atoms with Crippen LogP contribution < -0.4 is 0 Å². The summed E-state index contributed by atoms with van der Waals surface area (Å²) in [6.45, 7) is 2.20. The van der Waals surface area contributed by atoms with E-state index in [4.69, 9.17) is 21.0 Å². The molecule has 2 atom stereocenters. The number of rotatable bonds is 5. The van der Waals surface area contributed by atoms with Gasteiger partial charge in [-0.1, -0.05) is 49.6 Å². The Bertz CT molecular complexity index is 1370. The van der Waals surface area contributed by atoms with Crippen LogP contribution in [0.2, 0.25) is 5.02 Å². The third-order valence-electron chi connectivity index (χ3n) is 6.54. The Morgan fingerprint density at radius 3 is 2.67 bits per heavy atom. The zero-order chi connectivity index (χ0) is 25.2. The molecule has 1 saturated carbocycles. The molecule has 1 aromatic heterocycles. The summed E-state index contributed by atoms with van der Waals surface area (Å²) < 4.78 is 5.94. The Morgan fingerprint density at radius 2 is 1.92 bits per heavy atom. The third-order valence-corrected chi connectivity index (χ3v) is 7.85. The van der Waals surface area contributed by atoms with Gasteiger partial charge in [0.05, 0.1) is 15.5 Å². The average Bonchev–Trinajstić information content (AvgIpc) is 3.45. The maximum atomic E-state index is 13.6. The minimum absolute atomic E-state index is 0.0628. The molecule has 2 heterocycles. The first kappa shape index (κ1) is 24.3. The van der Waals surface area contributed by atoms with E-state index in [9.17, 15) is 14.9 Å². The van der Waals surface area contributed by atoms with Gasteiger partial charge in [0.15, 0.2) is 5.17 Å². The van der Waals surface area contributed by atoms with Gasteiger partial charge in [-0.15, -0.1) is 0 Å². The fourth-order valence-electron chi connectivity index (χ4n) is 4.67. The van der Waals surface area contributed by atoms with Crippen LogP contribution in [0, 0.1) is 16.0 Å². The van der Waals surface area contributed by atoms with Crippen molar-refractivity contribution in [3.05, 3.63) is 86.5 Å². The second-order valence-electron chi connectivity index (χ2n) is 8.97. The van der Waals surface area contributed by atoms with E-state index in [1.54, 1.807) is 24.3 Å². The van der Waals surface area contributed by atoms with Gasteiger partial charge in [0, 0.05) is 23.7 Å². The molecular weight excluding hydrogens is 498 g/mol. The highest BCUT2D eigenvalue weighted by atomic mass is 35.5. The van der Waals surface area contributed by atoms with E-state index in [1.807, 2.05) is 35.2 Å². The first-order valence-electron chi connectivity index (χ1n) is 11.8. The van der Waals surface area contributed by atoms with Gasteiger partial charge in [0.2, 0.25) is 0 Å². The molecule has 1 aliphatic heterocycles. The molecule has 1 amide bonds. The van der Waals surface area contributed by atoms with E-state index < -0.39 is 4.92 Å². The predicted octanol–water partition coefficient (Wildman–Crippen LogP) is 7.69. The lowest BCUT2D eigenvalue weighted by Crippen LogP contribution is -2.44. The van der Waals surface area contributed by atoms with Crippen LogP contribution in [0.4, 0.5) is 11.4 Å². The largest absolute Gasteiger partial charge is 0.457 e. The van der Waals surface area contributed by atoms with Gasteiger partial charge in [-0.05, 0) is 66.9 Å². The van der Waals surface area contributed by atoms with Crippen molar-refractivity contribution in [2.24, 2.45) is 10.9 Å². The van der Waals surface area contributed by atoms with Crippen LogP contribution >= 0.6 is 23.4 Å². The number of furan rings is 1. The number of nitro benzene ring substituents is 1. The fraction of sp³-hybridized carbons (Fsp3) is 0.259. The van der Waals surface area contributed by atoms with Crippen molar-refractivity contribution in [2.75, 3.05) is 0 Å². The Balaban J connectivity index is 1.47. The van der Waals surface area contributed by atoms with E-state index in [-0.39, 0.29) is 22.7 Å². The normalized spacial score (nSPS) is 22.5. The zero-order valence-corrected chi connectivity index (χ0v) is 21.2. The van der Waals surface area contributed by atoms with E-state index in [0.29, 0.717) is 33.1 Å². The minimum Gasteiger partial charge on any atom is -0.457 e. The van der Waals surface area contributed by atoms with Crippen LogP contribution in [-0.2, 0) is 4.79 Å². The number of para-hydroxylation sites is 1. The molecule has 2 aromatic carbocycles. The Hall–Kier alpha value is -3.36. The van der Waals surface area contributed by atoms with E-state index in [0.717, 1.165) is 24.9 Å². The zero-order valence-electron chi connectivity index (χ0n) is 19.6. The van der Waals surface area contributed by atoms with Crippen LogP contribution in [0.1, 0.15) is 38.4 Å². The van der Waals surface area contributed by atoms with Gasteiger partial charge in [-0.3, -0.25) is 19.8 Å². The van der Waals surface area contributed by atoms with Crippen LogP contribution in [0.5, 0.6) is 0 Å². The quantitative estimate of drug-likeness (QED) is 0.195. The topological polar surface area (TPSA) is 89.0 Å². The number of hydrogen-bond acceptors (Lipinski definition) is 6. The van der Waals surface area contributed by atoms with Gasteiger partial charge in [0.25, 0.3) is 11.6 Å². The third kappa shape index (κ3) is 4.96. The van der Waals surface area contributed by atoms with Crippen LogP contribution in [0.15, 0.2) is 75.0 Å². The number of amidine groups is 1. The number of nitrogens with zero attached hydrogens (tertiary/aromatic N) is 3. The lowest BCUT2D eigenvalue weighted by molar-refractivity contribution is -0.384. The van der Waals surface area contributed by atoms with Gasteiger partial charge in [-0.25, -0.2) is 4.99 Å². The number of thioether (sulfide) groups is 1. The number of carbonyl (C=O) groups excluding carboxylic acids is 1. The lowest BCUT2D eigenvalue weighted by atomic mass is 9.85. The highest BCUT2D eigenvalue weighted by Crippen LogP contribution is 2.40. The van der Waals surface area contributed by atoms with Crippen molar-refractivity contribution in [3.63, 3.8) is 0 Å².